The summed E-state index contributed by atoms with van der Waals surface area (Å²) < 4.78 is 4.95. The van der Waals surface area contributed by atoms with Crippen molar-refractivity contribution >= 4 is 34.4 Å². The number of amides is 1. The van der Waals surface area contributed by atoms with E-state index in [1.807, 2.05) is 30.5 Å². The molecule has 3 rings (SSSR count). The van der Waals surface area contributed by atoms with Crippen LogP contribution < -0.4 is 5.32 Å². The van der Waals surface area contributed by atoms with Crippen LogP contribution in [0.15, 0.2) is 48.8 Å². The highest BCUT2D eigenvalue weighted by Crippen LogP contribution is 2.17. The second-order valence-electron chi connectivity index (χ2n) is 5.41. The molecule has 3 aromatic rings. The van der Waals surface area contributed by atoms with Gasteiger partial charge in [0.25, 0.3) is 5.91 Å². The molecule has 0 radical (unpaired) electrons. The number of para-hydroxylation sites is 1. The molecule has 2 aromatic heterocycles. The number of hydrogen-bond acceptors (Lipinski definition) is 4. The number of fused-ring (bicyclic) bond motifs is 1. The van der Waals surface area contributed by atoms with Crippen molar-refractivity contribution in [2.24, 2.45) is 0 Å². The monoisotopic (exact) mass is 357 g/mol. The average molecular weight is 358 g/mol. The van der Waals surface area contributed by atoms with Gasteiger partial charge in [-0.05, 0) is 30.2 Å². The predicted octanol–water partition coefficient (Wildman–Crippen LogP) is 2.73. The van der Waals surface area contributed by atoms with E-state index in [2.05, 4.69) is 15.3 Å². The summed E-state index contributed by atoms with van der Waals surface area (Å²) >= 11 is 5.65. The van der Waals surface area contributed by atoms with Crippen LogP contribution in [0.5, 0.6) is 0 Å². The number of nitrogens with zero attached hydrogens (tertiary/aromatic N) is 1. The number of aromatic nitrogens is 2. The second-order valence-corrected chi connectivity index (χ2v) is 5.79. The quantitative estimate of drug-likeness (QED) is 0.525. The molecule has 0 aliphatic rings. The molecule has 6 nitrogen and oxygen atoms in total. The van der Waals surface area contributed by atoms with Crippen LogP contribution in [0.3, 0.4) is 0 Å². The molecular weight excluding hydrogens is 342 g/mol. The third-order valence-electron chi connectivity index (χ3n) is 3.69. The minimum absolute atomic E-state index is 0.246. The number of rotatable bonds is 6. The maximum Gasteiger partial charge on any atom is 0.340 e. The second kappa shape index (κ2) is 7.81. The molecule has 7 heteroatoms. The lowest BCUT2D eigenvalue weighted by Crippen LogP contribution is -2.30. The van der Waals surface area contributed by atoms with Crippen molar-refractivity contribution in [2.75, 3.05) is 13.2 Å². The molecule has 0 saturated carbocycles. The number of H-pyrrole nitrogens is 1. The van der Waals surface area contributed by atoms with E-state index in [-0.39, 0.29) is 23.2 Å². The third-order valence-corrected chi connectivity index (χ3v) is 3.91. The Bertz CT molecular complexity index is 890. The summed E-state index contributed by atoms with van der Waals surface area (Å²) in [4.78, 5) is 30.6. The van der Waals surface area contributed by atoms with Crippen molar-refractivity contribution in [3.05, 3.63) is 65.1 Å². The zero-order valence-electron chi connectivity index (χ0n) is 13.3. The maximum atomic E-state index is 11.8. The fourth-order valence-electron chi connectivity index (χ4n) is 2.44. The first-order chi connectivity index (χ1) is 12.1. The number of pyridine rings is 1. The van der Waals surface area contributed by atoms with Gasteiger partial charge >= 0.3 is 5.97 Å². The van der Waals surface area contributed by atoms with E-state index >= 15 is 0 Å². The molecule has 0 saturated heterocycles. The molecule has 0 fully saturated rings. The summed E-state index contributed by atoms with van der Waals surface area (Å²) in [6, 6.07) is 11.0. The molecule has 0 spiro atoms. The Morgan fingerprint density at radius 3 is 2.84 bits per heavy atom. The maximum absolute atomic E-state index is 11.8. The lowest BCUT2D eigenvalue weighted by molar-refractivity contribution is -0.124. The van der Waals surface area contributed by atoms with Gasteiger partial charge in [0.1, 0.15) is 5.15 Å². The molecule has 1 aromatic carbocycles. The van der Waals surface area contributed by atoms with Crippen LogP contribution in [0.2, 0.25) is 5.15 Å². The van der Waals surface area contributed by atoms with E-state index in [1.54, 1.807) is 0 Å². The highest BCUT2D eigenvalue weighted by atomic mass is 35.5. The Labute approximate surface area is 149 Å². The number of ether oxygens (including phenoxy) is 1. The zero-order chi connectivity index (χ0) is 17.6. The zero-order valence-corrected chi connectivity index (χ0v) is 14.0. The fourth-order valence-corrected chi connectivity index (χ4v) is 2.55. The van der Waals surface area contributed by atoms with Gasteiger partial charge in [0.2, 0.25) is 0 Å². The van der Waals surface area contributed by atoms with Gasteiger partial charge in [0, 0.05) is 29.8 Å². The van der Waals surface area contributed by atoms with E-state index in [1.165, 1.54) is 18.3 Å². The standard InChI is InChI=1S/C18H16ClN3O3/c19-16-6-5-13(10-22-16)18(24)25-11-17(23)20-8-7-12-9-21-15-4-2-1-3-14(12)15/h1-6,9-10,21H,7-8,11H2,(H,20,23). The highest BCUT2D eigenvalue weighted by molar-refractivity contribution is 6.29. The Kier molecular flexibility index (Phi) is 5.30. The Hall–Kier alpha value is -2.86. The first kappa shape index (κ1) is 17.0. The van der Waals surface area contributed by atoms with Gasteiger partial charge in [-0.25, -0.2) is 9.78 Å². The van der Waals surface area contributed by atoms with Crippen LogP contribution >= 0.6 is 11.6 Å². The number of aromatic amines is 1. The van der Waals surface area contributed by atoms with Gasteiger partial charge in [0.15, 0.2) is 6.61 Å². The van der Waals surface area contributed by atoms with E-state index in [9.17, 15) is 9.59 Å². The number of nitrogens with one attached hydrogen (secondary N) is 2. The number of halogens is 1. The van der Waals surface area contributed by atoms with Gasteiger partial charge in [-0.2, -0.15) is 0 Å². The molecule has 2 heterocycles. The molecule has 25 heavy (non-hydrogen) atoms. The number of benzene rings is 1. The van der Waals surface area contributed by atoms with Crippen LogP contribution in [0, 0.1) is 0 Å². The molecular formula is C18H16ClN3O3. The number of carbonyl (C=O) groups excluding carboxylic acids is 2. The third kappa shape index (κ3) is 4.36. The molecule has 0 atom stereocenters. The molecule has 0 aliphatic heterocycles. The summed E-state index contributed by atoms with van der Waals surface area (Å²) in [6.45, 7) is 0.121. The molecule has 0 bridgehead atoms. The lowest BCUT2D eigenvalue weighted by Gasteiger charge is -2.06. The summed E-state index contributed by atoms with van der Waals surface area (Å²) in [7, 11) is 0. The van der Waals surface area contributed by atoms with Crippen LogP contribution in [0.25, 0.3) is 10.9 Å². The van der Waals surface area contributed by atoms with Gasteiger partial charge < -0.3 is 15.0 Å². The van der Waals surface area contributed by atoms with Crippen molar-refractivity contribution in [1.82, 2.24) is 15.3 Å². The van der Waals surface area contributed by atoms with Crippen LogP contribution in [-0.4, -0.2) is 35.0 Å². The highest BCUT2D eigenvalue weighted by Gasteiger charge is 2.10. The van der Waals surface area contributed by atoms with Gasteiger partial charge in [0.05, 0.1) is 5.56 Å². The molecule has 0 unspecified atom stereocenters. The summed E-state index contributed by atoms with van der Waals surface area (Å²) in [5.74, 6) is -0.967. The average Bonchev–Trinajstić information content (AvgIpc) is 3.04. The Morgan fingerprint density at radius 2 is 2.04 bits per heavy atom. The van der Waals surface area contributed by atoms with Gasteiger partial charge in [-0.3, -0.25) is 4.79 Å². The first-order valence-corrected chi connectivity index (χ1v) is 8.11. The van der Waals surface area contributed by atoms with E-state index in [4.69, 9.17) is 16.3 Å². The van der Waals surface area contributed by atoms with Crippen molar-refractivity contribution < 1.29 is 14.3 Å². The summed E-state index contributed by atoms with van der Waals surface area (Å²) in [6.07, 6.45) is 3.93. The normalized spacial score (nSPS) is 10.6. The van der Waals surface area contributed by atoms with Crippen molar-refractivity contribution in [2.45, 2.75) is 6.42 Å². The predicted molar refractivity (Wildman–Crippen MR) is 94.5 cm³/mol. The SMILES string of the molecule is O=C(COC(=O)c1ccc(Cl)nc1)NCCc1c[nH]c2ccccc12. The van der Waals surface area contributed by atoms with Crippen LogP contribution in [0.4, 0.5) is 0 Å². The smallest absolute Gasteiger partial charge is 0.340 e. The van der Waals surface area contributed by atoms with Gasteiger partial charge in [-0.1, -0.05) is 29.8 Å². The van der Waals surface area contributed by atoms with Gasteiger partial charge in [-0.15, -0.1) is 0 Å². The lowest BCUT2D eigenvalue weighted by atomic mass is 10.1. The number of carbonyl (C=O) groups is 2. The Morgan fingerprint density at radius 1 is 1.20 bits per heavy atom. The molecule has 1 amide bonds. The number of esters is 1. The van der Waals surface area contributed by atoms with E-state index in [0.717, 1.165) is 16.5 Å². The Balaban J connectivity index is 1.44. The summed E-state index contributed by atoms with van der Waals surface area (Å²) in [5.41, 5.74) is 2.44. The topological polar surface area (TPSA) is 84.1 Å². The van der Waals surface area contributed by atoms with Crippen molar-refractivity contribution in [3.63, 3.8) is 0 Å². The summed E-state index contributed by atoms with van der Waals surface area (Å²) in [5, 5.41) is 4.16. The molecule has 0 aliphatic carbocycles. The molecule has 128 valence electrons. The van der Waals surface area contributed by atoms with Crippen LogP contribution in [-0.2, 0) is 16.0 Å². The number of hydrogen-bond donors (Lipinski definition) is 2. The van der Waals surface area contributed by atoms with Crippen LogP contribution in [0.1, 0.15) is 15.9 Å². The minimum Gasteiger partial charge on any atom is -0.452 e. The minimum atomic E-state index is -0.615. The van der Waals surface area contributed by atoms with Crippen molar-refractivity contribution in [1.29, 1.82) is 0 Å². The van der Waals surface area contributed by atoms with E-state index < -0.39 is 5.97 Å². The first-order valence-electron chi connectivity index (χ1n) is 7.74. The fraction of sp³-hybridized carbons (Fsp3) is 0.167. The van der Waals surface area contributed by atoms with E-state index in [0.29, 0.717) is 13.0 Å². The van der Waals surface area contributed by atoms with Crippen molar-refractivity contribution in [3.8, 4) is 0 Å². The molecule has 2 N–H and O–H groups in total. The largest absolute Gasteiger partial charge is 0.452 e.